The highest BCUT2D eigenvalue weighted by molar-refractivity contribution is 5.77. The van der Waals surface area contributed by atoms with Crippen molar-refractivity contribution in [2.45, 2.75) is 38.4 Å². The Labute approximate surface area is 131 Å². The fourth-order valence-electron chi connectivity index (χ4n) is 3.32. The van der Waals surface area contributed by atoms with Crippen LogP contribution in [0, 0.1) is 5.92 Å². The molecule has 22 heavy (non-hydrogen) atoms. The average Bonchev–Trinajstić information content (AvgIpc) is 2.91. The summed E-state index contributed by atoms with van der Waals surface area (Å²) in [6.07, 6.45) is 6.12. The maximum absolute atomic E-state index is 11.9. The second-order valence-electron chi connectivity index (χ2n) is 6.27. The Balaban J connectivity index is 1.47. The third kappa shape index (κ3) is 3.15. The molecular formula is C17H24N2O3. The van der Waals surface area contributed by atoms with Crippen molar-refractivity contribution in [3.05, 3.63) is 30.1 Å². The minimum atomic E-state index is -0.151. The molecule has 1 amide bonds. The fourth-order valence-corrected chi connectivity index (χ4v) is 3.32. The van der Waals surface area contributed by atoms with E-state index in [0.29, 0.717) is 25.6 Å². The molecule has 0 radical (unpaired) electrons. The lowest BCUT2D eigenvalue weighted by Crippen LogP contribution is -2.66. The molecule has 3 rings (SSSR count). The van der Waals surface area contributed by atoms with Gasteiger partial charge in [-0.3, -0.25) is 9.78 Å². The van der Waals surface area contributed by atoms with Gasteiger partial charge in [-0.2, -0.15) is 0 Å². The summed E-state index contributed by atoms with van der Waals surface area (Å²) in [6.45, 7) is 5.57. The lowest BCUT2D eigenvalue weighted by Gasteiger charge is -2.50. The van der Waals surface area contributed by atoms with Gasteiger partial charge in [0.1, 0.15) is 5.60 Å². The van der Waals surface area contributed by atoms with Gasteiger partial charge in [-0.25, -0.2) is 0 Å². The molecule has 3 heterocycles. The second-order valence-corrected chi connectivity index (χ2v) is 6.27. The van der Waals surface area contributed by atoms with E-state index in [-0.39, 0.29) is 11.5 Å². The zero-order valence-electron chi connectivity index (χ0n) is 13.2. The molecule has 5 heteroatoms. The van der Waals surface area contributed by atoms with Crippen LogP contribution in [-0.2, 0) is 20.9 Å². The summed E-state index contributed by atoms with van der Waals surface area (Å²) in [6, 6.07) is 3.94. The van der Waals surface area contributed by atoms with Crippen molar-refractivity contribution in [2.75, 3.05) is 26.3 Å². The smallest absolute Gasteiger partial charge is 0.222 e. The maximum atomic E-state index is 11.9. The van der Waals surface area contributed by atoms with E-state index in [2.05, 4.69) is 4.98 Å². The van der Waals surface area contributed by atoms with Gasteiger partial charge in [0.05, 0.1) is 26.3 Å². The largest absolute Gasteiger partial charge is 0.376 e. The second kappa shape index (κ2) is 6.75. The first-order chi connectivity index (χ1) is 10.7. The first-order valence-corrected chi connectivity index (χ1v) is 8.12. The van der Waals surface area contributed by atoms with Gasteiger partial charge in [0, 0.05) is 31.3 Å². The summed E-state index contributed by atoms with van der Waals surface area (Å²) in [4.78, 5) is 17.8. The van der Waals surface area contributed by atoms with Gasteiger partial charge in [-0.1, -0.05) is 6.92 Å². The van der Waals surface area contributed by atoms with Gasteiger partial charge < -0.3 is 14.4 Å². The van der Waals surface area contributed by atoms with E-state index in [1.165, 1.54) is 0 Å². The Bertz CT molecular complexity index is 500. The molecule has 2 aliphatic heterocycles. The van der Waals surface area contributed by atoms with E-state index in [0.717, 1.165) is 38.1 Å². The van der Waals surface area contributed by atoms with E-state index < -0.39 is 0 Å². The average molecular weight is 304 g/mol. The summed E-state index contributed by atoms with van der Waals surface area (Å²) >= 11 is 0. The van der Waals surface area contributed by atoms with Gasteiger partial charge in [0.15, 0.2) is 0 Å². The summed E-state index contributed by atoms with van der Waals surface area (Å²) < 4.78 is 11.8. The quantitative estimate of drug-likeness (QED) is 0.807. The summed E-state index contributed by atoms with van der Waals surface area (Å²) in [5, 5.41) is 0. The number of likely N-dealkylation sites (tertiary alicyclic amines) is 1. The van der Waals surface area contributed by atoms with Crippen molar-refractivity contribution in [1.82, 2.24) is 9.88 Å². The van der Waals surface area contributed by atoms with Crippen molar-refractivity contribution in [2.24, 2.45) is 5.92 Å². The molecular weight excluding hydrogens is 280 g/mol. The number of pyridine rings is 1. The number of hydrogen-bond acceptors (Lipinski definition) is 4. The monoisotopic (exact) mass is 304 g/mol. The number of rotatable bonds is 6. The Morgan fingerprint density at radius 1 is 1.45 bits per heavy atom. The molecule has 0 aliphatic carbocycles. The summed E-state index contributed by atoms with van der Waals surface area (Å²) in [5.74, 6) is 0.639. The van der Waals surface area contributed by atoms with Crippen LogP contribution in [-0.4, -0.2) is 47.7 Å². The number of carbonyl (C=O) groups is 1. The molecule has 0 N–H and O–H groups in total. The van der Waals surface area contributed by atoms with Gasteiger partial charge in [0.25, 0.3) is 0 Å². The predicted octanol–water partition coefficient (Wildman–Crippen LogP) is 2.02. The maximum Gasteiger partial charge on any atom is 0.222 e. The van der Waals surface area contributed by atoms with Crippen molar-refractivity contribution >= 4 is 5.91 Å². The number of ether oxygens (including phenoxy) is 2. The molecule has 0 aromatic carbocycles. The molecule has 2 saturated heterocycles. The van der Waals surface area contributed by atoms with E-state index in [1.54, 1.807) is 12.4 Å². The van der Waals surface area contributed by atoms with Crippen molar-refractivity contribution in [1.29, 1.82) is 0 Å². The van der Waals surface area contributed by atoms with Crippen LogP contribution in [0.4, 0.5) is 0 Å². The number of amides is 1. The lowest BCUT2D eigenvalue weighted by molar-refractivity contribution is -0.169. The van der Waals surface area contributed by atoms with E-state index in [9.17, 15) is 4.79 Å². The minimum absolute atomic E-state index is 0.151. The fraction of sp³-hybridized carbons (Fsp3) is 0.647. The number of hydrogen-bond donors (Lipinski definition) is 0. The Kier molecular flexibility index (Phi) is 4.74. The van der Waals surface area contributed by atoms with Crippen LogP contribution in [0.1, 0.15) is 31.7 Å². The first kappa shape index (κ1) is 15.4. The number of carbonyl (C=O) groups excluding carboxylic acids is 1. The minimum Gasteiger partial charge on any atom is -0.376 e. The normalized spacial score (nSPS) is 22.8. The van der Waals surface area contributed by atoms with E-state index in [1.807, 2.05) is 24.0 Å². The molecule has 2 fully saturated rings. The molecule has 120 valence electrons. The highest BCUT2D eigenvalue weighted by Crippen LogP contribution is 2.40. The van der Waals surface area contributed by atoms with Crippen molar-refractivity contribution < 1.29 is 14.3 Å². The topological polar surface area (TPSA) is 51.7 Å². The van der Waals surface area contributed by atoms with Crippen molar-refractivity contribution in [3.8, 4) is 0 Å². The molecule has 5 nitrogen and oxygen atoms in total. The zero-order chi connectivity index (χ0) is 15.4. The third-order valence-electron chi connectivity index (χ3n) is 4.67. The SMILES string of the molecule is CCCC(=O)N1CC2(C1)OCC[C@H]2COCc1ccncc1. The molecule has 0 unspecified atom stereocenters. The Morgan fingerprint density at radius 2 is 2.23 bits per heavy atom. The molecule has 2 aliphatic rings. The van der Waals surface area contributed by atoms with E-state index in [4.69, 9.17) is 9.47 Å². The highest BCUT2D eigenvalue weighted by atomic mass is 16.5. The van der Waals surface area contributed by atoms with Crippen LogP contribution in [0.3, 0.4) is 0 Å². The molecule has 0 saturated carbocycles. The van der Waals surface area contributed by atoms with Crippen LogP contribution in [0.5, 0.6) is 0 Å². The van der Waals surface area contributed by atoms with Gasteiger partial charge in [-0.15, -0.1) is 0 Å². The van der Waals surface area contributed by atoms with Gasteiger partial charge in [0.2, 0.25) is 5.91 Å². The standard InChI is InChI=1S/C17H24N2O3/c1-2-3-16(20)19-12-17(13-19)15(6-9-22-17)11-21-10-14-4-7-18-8-5-14/h4-5,7-8,15H,2-3,6,9-13H2,1H3/t15-/m0/s1. The Morgan fingerprint density at radius 3 is 2.95 bits per heavy atom. The van der Waals surface area contributed by atoms with Crippen molar-refractivity contribution in [3.63, 3.8) is 0 Å². The molecule has 1 atom stereocenters. The zero-order valence-corrected chi connectivity index (χ0v) is 13.2. The molecule has 1 aromatic rings. The first-order valence-electron chi connectivity index (χ1n) is 8.12. The van der Waals surface area contributed by atoms with Gasteiger partial charge in [-0.05, 0) is 30.5 Å². The summed E-state index contributed by atoms with van der Waals surface area (Å²) in [5.41, 5.74) is 0.984. The highest BCUT2D eigenvalue weighted by Gasteiger charge is 2.54. The number of nitrogens with zero attached hydrogens (tertiary/aromatic N) is 2. The van der Waals surface area contributed by atoms with Crippen LogP contribution in [0.15, 0.2) is 24.5 Å². The van der Waals surface area contributed by atoms with Crippen LogP contribution in [0.25, 0.3) is 0 Å². The van der Waals surface area contributed by atoms with Crippen LogP contribution >= 0.6 is 0 Å². The summed E-state index contributed by atoms with van der Waals surface area (Å²) in [7, 11) is 0. The van der Waals surface area contributed by atoms with Crippen LogP contribution < -0.4 is 0 Å². The predicted molar refractivity (Wildman–Crippen MR) is 82.2 cm³/mol. The van der Waals surface area contributed by atoms with E-state index >= 15 is 0 Å². The lowest BCUT2D eigenvalue weighted by atomic mass is 9.81. The molecule has 1 aromatic heterocycles. The van der Waals surface area contributed by atoms with Crippen LogP contribution in [0.2, 0.25) is 0 Å². The number of aromatic nitrogens is 1. The van der Waals surface area contributed by atoms with Gasteiger partial charge >= 0.3 is 0 Å². The molecule has 0 bridgehead atoms. The molecule has 1 spiro atoms. The third-order valence-corrected chi connectivity index (χ3v) is 4.67. The Hall–Kier alpha value is -1.46.